The summed E-state index contributed by atoms with van der Waals surface area (Å²) in [5, 5.41) is 2.58. The molecule has 0 fully saturated rings. The fourth-order valence-electron chi connectivity index (χ4n) is 1.55. The molecule has 3 N–H and O–H groups in total. The van der Waals surface area contributed by atoms with Gasteiger partial charge < -0.3 is 11.1 Å². The summed E-state index contributed by atoms with van der Waals surface area (Å²) in [6, 6.07) is 9.28. The molecule has 4 nitrogen and oxygen atoms in total. The van der Waals surface area contributed by atoms with E-state index in [1.54, 1.807) is 18.2 Å². The molecule has 0 radical (unpaired) electrons. The third-order valence-electron chi connectivity index (χ3n) is 2.39. The van der Waals surface area contributed by atoms with Crippen LogP contribution in [0, 0.1) is 0 Å². The zero-order valence-corrected chi connectivity index (χ0v) is 11.0. The third-order valence-corrected chi connectivity index (χ3v) is 3.18. The van der Waals surface area contributed by atoms with Crippen molar-refractivity contribution in [3.05, 3.63) is 48.2 Å². The Morgan fingerprint density at radius 3 is 2.75 bits per heavy atom. The number of hydrogen-bond acceptors (Lipinski definition) is 4. The number of carbonyl (C=O) groups excluding carboxylic acids is 1. The Morgan fingerprint density at radius 2 is 2.05 bits per heavy atom. The number of nitrogens with zero attached hydrogens (tertiary/aromatic N) is 1. The van der Waals surface area contributed by atoms with Gasteiger partial charge in [-0.2, -0.15) is 8.78 Å². The van der Waals surface area contributed by atoms with Gasteiger partial charge in [-0.15, -0.1) is 0 Å². The molecule has 7 heteroatoms. The lowest BCUT2D eigenvalue weighted by atomic mass is 10.2. The van der Waals surface area contributed by atoms with E-state index in [1.165, 1.54) is 24.4 Å². The van der Waals surface area contributed by atoms with Gasteiger partial charge in [0, 0.05) is 16.7 Å². The van der Waals surface area contributed by atoms with Gasteiger partial charge in [0.15, 0.2) is 0 Å². The summed E-state index contributed by atoms with van der Waals surface area (Å²) in [7, 11) is 0. The summed E-state index contributed by atoms with van der Waals surface area (Å²) in [5.41, 5.74) is 6.14. The summed E-state index contributed by atoms with van der Waals surface area (Å²) in [6.07, 6.45) is 1.41. The first-order chi connectivity index (χ1) is 9.56. The lowest BCUT2D eigenvalue weighted by molar-refractivity contribution is 0.102. The number of aromatic nitrogens is 1. The number of carbonyl (C=O) groups is 1. The molecule has 1 aromatic heterocycles. The Morgan fingerprint density at radius 1 is 1.30 bits per heavy atom. The summed E-state index contributed by atoms with van der Waals surface area (Å²) in [6.45, 7) is 0. The van der Waals surface area contributed by atoms with Crippen molar-refractivity contribution in [1.82, 2.24) is 4.98 Å². The Hall–Kier alpha value is -2.15. The molecule has 0 aliphatic heterocycles. The molecule has 0 saturated heterocycles. The highest BCUT2D eigenvalue weighted by Gasteiger charge is 2.13. The van der Waals surface area contributed by atoms with Crippen LogP contribution in [0.4, 0.5) is 20.3 Å². The molecule has 0 bridgehead atoms. The smallest absolute Gasteiger partial charge is 0.288 e. The van der Waals surface area contributed by atoms with Crippen LogP contribution in [-0.2, 0) is 0 Å². The maximum atomic E-state index is 12.4. The van der Waals surface area contributed by atoms with E-state index >= 15 is 0 Å². The first-order valence-corrected chi connectivity index (χ1v) is 6.51. The minimum atomic E-state index is -2.55. The van der Waals surface area contributed by atoms with Crippen LogP contribution in [0.2, 0.25) is 0 Å². The van der Waals surface area contributed by atoms with Crippen molar-refractivity contribution in [2.24, 2.45) is 0 Å². The number of amides is 1. The molecule has 1 aromatic carbocycles. The second-order valence-corrected chi connectivity index (χ2v) is 4.83. The molecule has 0 aliphatic carbocycles. The van der Waals surface area contributed by atoms with E-state index < -0.39 is 11.7 Å². The average Bonchev–Trinajstić information content (AvgIpc) is 2.40. The molecule has 2 aromatic rings. The van der Waals surface area contributed by atoms with Crippen molar-refractivity contribution >= 4 is 29.2 Å². The van der Waals surface area contributed by atoms with E-state index in [-0.39, 0.29) is 5.82 Å². The minimum absolute atomic E-state index is 0.216. The van der Waals surface area contributed by atoms with Gasteiger partial charge in [-0.1, -0.05) is 23.9 Å². The van der Waals surface area contributed by atoms with E-state index in [2.05, 4.69) is 10.3 Å². The second kappa shape index (κ2) is 6.33. The number of nitrogens with one attached hydrogen (secondary N) is 1. The fraction of sp³-hybridized carbons (Fsp3) is 0.0769. The van der Waals surface area contributed by atoms with Crippen LogP contribution in [0.25, 0.3) is 0 Å². The lowest BCUT2D eigenvalue weighted by Gasteiger charge is -2.10. The first-order valence-electron chi connectivity index (χ1n) is 5.63. The van der Waals surface area contributed by atoms with E-state index in [0.29, 0.717) is 27.9 Å². The highest BCUT2D eigenvalue weighted by molar-refractivity contribution is 7.99. The van der Waals surface area contributed by atoms with Crippen LogP contribution in [0.1, 0.15) is 10.4 Å². The zero-order valence-electron chi connectivity index (χ0n) is 10.2. The number of nitrogens with two attached hydrogens (primary N) is 1. The standard InChI is InChI=1S/C13H11F2N3OS/c14-13(15)20-10-4-2-1-3-9(10)18-12(19)8-5-6-17-11(16)7-8/h1-7,13H,(H2,16,17)(H,18,19). The normalized spacial score (nSPS) is 10.6. The van der Waals surface area contributed by atoms with E-state index in [4.69, 9.17) is 5.73 Å². The fourth-order valence-corrected chi connectivity index (χ4v) is 2.15. The first kappa shape index (κ1) is 14.3. The second-order valence-electron chi connectivity index (χ2n) is 3.80. The van der Waals surface area contributed by atoms with E-state index in [1.807, 2.05) is 0 Å². The number of para-hydroxylation sites is 1. The molecule has 0 saturated carbocycles. The van der Waals surface area contributed by atoms with Crippen molar-refractivity contribution in [2.75, 3.05) is 11.1 Å². The van der Waals surface area contributed by atoms with Crippen LogP contribution < -0.4 is 11.1 Å². The summed E-state index contributed by atoms with van der Waals surface area (Å²) in [5.74, 6) is -2.76. The number of nitrogen functional groups attached to an aromatic ring is 1. The van der Waals surface area contributed by atoms with Crippen LogP contribution in [0.15, 0.2) is 47.5 Å². The van der Waals surface area contributed by atoms with Crippen molar-refractivity contribution < 1.29 is 13.6 Å². The SMILES string of the molecule is Nc1cc(C(=O)Nc2ccccc2SC(F)F)ccn1. The van der Waals surface area contributed by atoms with E-state index in [9.17, 15) is 13.6 Å². The minimum Gasteiger partial charge on any atom is -0.384 e. The Labute approximate surface area is 118 Å². The number of pyridine rings is 1. The molecular formula is C13H11F2N3OS. The Bertz CT molecular complexity index is 622. The molecule has 0 atom stereocenters. The van der Waals surface area contributed by atoms with Gasteiger partial charge in [-0.3, -0.25) is 4.79 Å². The molecule has 0 spiro atoms. The van der Waals surface area contributed by atoms with Gasteiger partial charge in [0.25, 0.3) is 11.7 Å². The largest absolute Gasteiger partial charge is 0.384 e. The number of thioether (sulfide) groups is 1. The van der Waals surface area contributed by atoms with Gasteiger partial charge >= 0.3 is 0 Å². The molecule has 1 amide bonds. The van der Waals surface area contributed by atoms with Crippen molar-refractivity contribution in [3.8, 4) is 0 Å². The van der Waals surface area contributed by atoms with Crippen LogP contribution >= 0.6 is 11.8 Å². The maximum Gasteiger partial charge on any atom is 0.288 e. The molecular weight excluding hydrogens is 284 g/mol. The number of alkyl halides is 2. The Balaban J connectivity index is 2.19. The number of hydrogen-bond donors (Lipinski definition) is 2. The van der Waals surface area contributed by atoms with Crippen molar-refractivity contribution in [1.29, 1.82) is 0 Å². The third kappa shape index (κ3) is 3.67. The monoisotopic (exact) mass is 295 g/mol. The van der Waals surface area contributed by atoms with Crippen LogP contribution in [0.3, 0.4) is 0 Å². The summed E-state index contributed by atoms with van der Waals surface area (Å²) < 4.78 is 24.9. The Kier molecular flexibility index (Phi) is 4.52. The van der Waals surface area contributed by atoms with E-state index in [0.717, 1.165) is 0 Å². The van der Waals surface area contributed by atoms with Crippen molar-refractivity contribution in [3.63, 3.8) is 0 Å². The maximum absolute atomic E-state index is 12.4. The lowest BCUT2D eigenvalue weighted by Crippen LogP contribution is -2.13. The number of rotatable bonds is 4. The molecule has 0 aliphatic rings. The molecule has 0 unspecified atom stereocenters. The van der Waals surface area contributed by atoms with Gasteiger partial charge in [-0.05, 0) is 24.3 Å². The van der Waals surface area contributed by atoms with Gasteiger partial charge in [0.1, 0.15) is 5.82 Å². The predicted octanol–water partition coefficient (Wildman–Crippen LogP) is 3.23. The number of benzene rings is 1. The summed E-state index contributed by atoms with van der Waals surface area (Å²) >= 11 is 0.380. The summed E-state index contributed by atoms with van der Waals surface area (Å²) in [4.78, 5) is 16.1. The van der Waals surface area contributed by atoms with Crippen LogP contribution in [-0.4, -0.2) is 16.6 Å². The topological polar surface area (TPSA) is 68.0 Å². The number of halogens is 2. The van der Waals surface area contributed by atoms with Gasteiger partial charge in [0.05, 0.1) is 5.69 Å². The molecule has 104 valence electrons. The molecule has 20 heavy (non-hydrogen) atoms. The highest BCUT2D eigenvalue weighted by Crippen LogP contribution is 2.31. The van der Waals surface area contributed by atoms with Crippen LogP contribution in [0.5, 0.6) is 0 Å². The average molecular weight is 295 g/mol. The van der Waals surface area contributed by atoms with Gasteiger partial charge in [0.2, 0.25) is 0 Å². The van der Waals surface area contributed by atoms with Gasteiger partial charge in [-0.25, -0.2) is 4.98 Å². The van der Waals surface area contributed by atoms with Crippen molar-refractivity contribution in [2.45, 2.75) is 10.7 Å². The zero-order chi connectivity index (χ0) is 14.5. The highest BCUT2D eigenvalue weighted by atomic mass is 32.2. The molecule has 1 heterocycles. The molecule has 2 rings (SSSR count). The number of anilines is 2. The quantitative estimate of drug-likeness (QED) is 0.850. The predicted molar refractivity (Wildman–Crippen MR) is 74.9 cm³/mol.